The molecule has 1 aromatic heterocycles. The number of piperazine rings is 1. The van der Waals surface area contributed by atoms with Gasteiger partial charge in [0, 0.05) is 26.2 Å². The zero-order chi connectivity index (χ0) is 21.3. The van der Waals surface area contributed by atoms with Crippen LogP contribution in [0.3, 0.4) is 0 Å². The van der Waals surface area contributed by atoms with Crippen LogP contribution < -0.4 is 0 Å². The van der Waals surface area contributed by atoms with Crippen molar-refractivity contribution in [1.82, 2.24) is 24.8 Å². The van der Waals surface area contributed by atoms with Crippen LogP contribution in [0.25, 0.3) is 0 Å². The third kappa shape index (κ3) is 4.30. The minimum Gasteiger partial charge on any atom is -0.444 e. The molecule has 1 atom stereocenters. The number of benzene rings is 1. The normalized spacial score (nSPS) is 19.4. The molecule has 0 aliphatic carbocycles. The van der Waals surface area contributed by atoms with Crippen molar-refractivity contribution in [3.05, 3.63) is 47.3 Å². The Morgan fingerprint density at radius 1 is 1.07 bits per heavy atom. The van der Waals surface area contributed by atoms with E-state index in [0.29, 0.717) is 44.1 Å². The monoisotopic (exact) mass is 413 g/mol. The van der Waals surface area contributed by atoms with Gasteiger partial charge in [-0.25, -0.2) is 9.48 Å². The molecule has 160 valence electrons. The van der Waals surface area contributed by atoms with Gasteiger partial charge in [-0.3, -0.25) is 4.79 Å². The van der Waals surface area contributed by atoms with E-state index in [9.17, 15) is 9.59 Å². The highest BCUT2D eigenvalue weighted by atomic mass is 16.6. The standard InChI is InChI=1S/C21H27N5O4/c1-21(2,3)30-20(28)25-11-9-24(10-12-25)19(27)18-16-14-29-17(13-26(16)23-22-18)15-7-5-4-6-8-15/h4-8,17H,9-14H2,1-3H3. The summed E-state index contributed by atoms with van der Waals surface area (Å²) in [4.78, 5) is 28.6. The van der Waals surface area contributed by atoms with Gasteiger partial charge in [-0.2, -0.15) is 0 Å². The maximum Gasteiger partial charge on any atom is 0.410 e. The summed E-state index contributed by atoms with van der Waals surface area (Å²) in [6.07, 6.45) is -0.461. The van der Waals surface area contributed by atoms with E-state index in [4.69, 9.17) is 9.47 Å². The minimum absolute atomic E-state index is 0.110. The second-order valence-electron chi connectivity index (χ2n) is 8.54. The SMILES string of the molecule is CC(C)(C)OC(=O)N1CCN(C(=O)c2nnn3c2COC(c2ccccc2)C3)CC1. The molecule has 2 aliphatic rings. The molecule has 3 heterocycles. The maximum absolute atomic E-state index is 13.0. The first kappa shape index (κ1) is 20.3. The van der Waals surface area contributed by atoms with Crippen molar-refractivity contribution in [2.45, 2.75) is 45.6 Å². The lowest BCUT2D eigenvalue weighted by atomic mass is 10.1. The quantitative estimate of drug-likeness (QED) is 0.750. The summed E-state index contributed by atoms with van der Waals surface area (Å²) < 4.78 is 13.1. The molecular weight excluding hydrogens is 386 g/mol. The average molecular weight is 413 g/mol. The summed E-state index contributed by atoms with van der Waals surface area (Å²) in [6.45, 7) is 8.03. The fraction of sp³-hybridized carbons (Fsp3) is 0.524. The number of carbonyl (C=O) groups is 2. The van der Waals surface area contributed by atoms with Crippen molar-refractivity contribution in [2.75, 3.05) is 26.2 Å². The lowest BCUT2D eigenvalue weighted by Gasteiger charge is -2.35. The largest absolute Gasteiger partial charge is 0.444 e. The van der Waals surface area contributed by atoms with Crippen LogP contribution in [0, 0.1) is 0 Å². The minimum atomic E-state index is -0.539. The van der Waals surface area contributed by atoms with E-state index in [2.05, 4.69) is 10.3 Å². The number of amides is 2. The van der Waals surface area contributed by atoms with Crippen molar-refractivity contribution < 1.29 is 19.1 Å². The molecule has 30 heavy (non-hydrogen) atoms. The molecule has 1 aromatic carbocycles. The van der Waals surface area contributed by atoms with Gasteiger partial charge in [-0.15, -0.1) is 5.10 Å². The van der Waals surface area contributed by atoms with E-state index in [1.807, 2.05) is 51.1 Å². The van der Waals surface area contributed by atoms with Crippen molar-refractivity contribution in [2.24, 2.45) is 0 Å². The van der Waals surface area contributed by atoms with Gasteiger partial charge in [0.1, 0.15) is 11.7 Å². The number of aromatic nitrogens is 3. The number of rotatable bonds is 2. The van der Waals surface area contributed by atoms with Crippen LogP contribution in [0.5, 0.6) is 0 Å². The third-order valence-corrected chi connectivity index (χ3v) is 5.19. The highest BCUT2D eigenvalue weighted by molar-refractivity contribution is 5.93. The number of nitrogens with zero attached hydrogens (tertiary/aromatic N) is 5. The Morgan fingerprint density at radius 2 is 1.73 bits per heavy atom. The Morgan fingerprint density at radius 3 is 2.40 bits per heavy atom. The molecule has 0 saturated carbocycles. The van der Waals surface area contributed by atoms with Crippen LogP contribution in [0.1, 0.15) is 48.6 Å². The van der Waals surface area contributed by atoms with Crippen LogP contribution in [-0.4, -0.2) is 68.6 Å². The van der Waals surface area contributed by atoms with E-state index >= 15 is 0 Å². The van der Waals surface area contributed by atoms with E-state index < -0.39 is 5.60 Å². The molecule has 0 bridgehead atoms. The van der Waals surface area contributed by atoms with Crippen LogP contribution in [0.2, 0.25) is 0 Å². The van der Waals surface area contributed by atoms with Crippen molar-refractivity contribution in [1.29, 1.82) is 0 Å². The van der Waals surface area contributed by atoms with Gasteiger partial charge in [-0.1, -0.05) is 35.5 Å². The van der Waals surface area contributed by atoms with Crippen LogP contribution >= 0.6 is 0 Å². The van der Waals surface area contributed by atoms with Gasteiger partial charge >= 0.3 is 6.09 Å². The molecule has 1 unspecified atom stereocenters. The zero-order valence-electron chi connectivity index (χ0n) is 17.6. The van der Waals surface area contributed by atoms with Crippen LogP contribution in [0.15, 0.2) is 30.3 Å². The number of ether oxygens (including phenoxy) is 2. The lowest BCUT2D eigenvalue weighted by molar-refractivity contribution is -0.00216. The molecule has 1 saturated heterocycles. The van der Waals surface area contributed by atoms with E-state index in [-0.39, 0.29) is 24.7 Å². The molecule has 2 amide bonds. The summed E-state index contributed by atoms with van der Waals surface area (Å²) in [6, 6.07) is 9.95. The second kappa shape index (κ2) is 8.06. The summed E-state index contributed by atoms with van der Waals surface area (Å²) in [5.41, 5.74) is 1.56. The highest BCUT2D eigenvalue weighted by Crippen LogP contribution is 2.27. The van der Waals surface area contributed by atoms with Gasteiger partial charge in [0.2, 0.25) is 0 Å². The molecule has 2 aromatic rings. The molecule has 9 nitrogen and oxygen atoms in total. The maximum atomic E-state index is 13.0. The van der Waals surface area contributed by atoms with E-state index in [1.54, 1.807) is 14.5 Å². The summed E-state index contributed by atoms with van der Waals surface area (Å²) in [5.74, 6) is -0.179. The van der Waals surface area contributed by atoms with Gasteiger partial charge in [0.15, 0.2) is 5.69 Å². The van der Waals surface area contributed by atoms with Gasteiger partial charge in [-0.05, 0) is 26.3 Å². The summed E-state index contributed by atoms with van der Waals surface area (Å²) in [7, 11) is 0. The van der Waals surface area contributed by atoms with Crippen LogP contribution in [-0.2, 0) is 22.6 Å². The first-order valence-electron chi connectivity index (χ1n) is 10.2. The molecule has 4 rings (SSSR count). The van der Waals surface area contributed by atoms with Crippen molar-refractivity contribution in [3.8, 4) is 0 Å². The first-order chi connectivity index (χ1) is 14.3. The predicted molar refractivity (Wildman–Crippen MR) is 108 cm³/mol. The molecule has 9 heteroatoms. The number of carbonyl (C=O) groups excluding carboxylic acids is 2. The highest BCUT2D eigenvalue weighted by Gasteiger charge is 2.32. The van der Waals surface area contributed by atoms with Gasteiger partial charge in [0.05, 0.1) is 18.8 Å². The molecule has 0 spiro atoms. The Kier molecular flexibility index (Phi) is 5.46. The Hall–Kier alpha value is -2.94. The molecular formula is C21H27N5O4. The zero-order valence-corrected chi connectivity index (χ0v) is 17.6. The molecule has 2 aliphatic heterocycles. The topological polar surface area (TPSA) is 89.8 Å². The van der Waals surface area contributed by atoms with Crippen molar-refractivity contribution >= 4 is 12.0 Å². The summed E-state index contributed by atoms with van der Waals surface area (Å²) >= 11 is 0. The van der Waals surface area contributed by atoms with Gasteiger partial charge in [0.25, 0.3) is 5.91 Å². The Labute approximate surface area is 175 Å². The fourth-order valence-electron chi connectivity index (χ4n) is 3.62. The molecule has 0 N–H and O–H groups in total. The van der Waals surface area contributed by atoms with E-state index in [0.717, 1.165) is 5.56 Å². The third-order valence-electron chi connectivity index (χ3n) is 5.19. The molecule has 0 radical (unpaired) electrons. The molecule has 1 fully saturated rings. The fourth-order valence-corrected chi connectivity index (χ4v) is 3.62. The number of hydrogen-bond acceptors (Lipinski definition) is 6. The first-order valence-corrected chi connectivity index (χ1v) is 10.2. The van der Waals surface area contributed by atoms with E-state index in [1.165, 1.54) is 0 Å². The second-order valence-corrected chi connectivity index (χ2v) is 8.54. The van der Waals surface area contributed by atoms with Crippen LogP contribution in [0.4, 0.5) is 4.79 Å². The lowest BCUT2D eigenvalue weighted by Crippen LogP contribution is -2.51. The Balaban J connectivity index is 1.38. The summed E-state index contributed by atoms with van der Waals surface area (Å²) in [5, 5.41) is 8.33. The smallest absolute Gasteiger partial charge is 0.410 e. The number of hydrogen-bond donors (Lipinski definition) is 0. The van der Waals surface area contributed by atoms with Crippen molar-refractivity contribution in [3.63, 3.8) is 0 Å². The Bertz CT molecular complexity index is 913. The van der Waals surface area contributed by atoms with Gasteiger partial charge < -0.3 is 19.3 Å². The average Bonchev–Trinajstić information content (AvgIpc) is 3.16. The number of fused-ring (bicyclic) bond motifs is 1. The predicted octanol–water partition coefficient (Wildman–Crippen LogP) is 2.24.